The number of aliphatic hydroxyl groups is 1. The molecule has 0 bridgehead atoms. The van der Waals surface area contributed by atoms with Gasteiger partial charge in [0.25, 0.3) is 0 Å². The molecule has 0 aliphatic carbocycles. The summed E-state index contributed by atoms with van der Waals surface area (Å²) in [6.45, 7) is 1.82. The quantitative estimate of drug-likeness (QED) is 0.749. The minimum atomic E-state index is -3.54. The van der Waals surface area contributed by atoms with Gasteiger partial charge in [0.1, 0.15) is 0 Å². The Morgan fingerprint density at radius 1 is 1.04 bits per heavy atom. The normalized spacial score (nSPS) is 12.6. The van der Waals surface area contributed by atoms with Crippen LogP contribution in [0.4, 0.5) is 0 Å². The van der Waals surface area contributed by atoms with E-state index in [0.29, 0.717) is 22.6 Å². The molecule has 6 nitrogen and oxygen atoms in total. The number of aliphatic hydroxyl groups excluding tert-OH is 1. The van der Waals surface area contributed by atoms with Crippen molar-refractivity contribution in [2.75, 3.05) is 20.8 Å². The van der Waals surface area contributed by atoms with Crippen molar-refractivity contribution in [3.05, 3.63) is 59.2 Å². The highest BCUT2D eigenvalue weighted by atomic mass is 32.2. The van der Waals surface area contributed by atoms with E-state index in [1.807, 2.05) is 19.1 Å². The zero-order valence-electron chi connectivity index (χ0n) is 14.5. The smallest absolute Gasteiger partial charge is 0.215 e. The van der Waals surface area contributed by atoms with E-state index >= 15 is 0 Å². The Morgan fingerprint density at radius 2 is 1.68 bits per heavy atom. The summed E-state index contributed by atoms with van der Waals surface area (Å²) in [5, 5.41) is 10.2. The van der Waals surface area contributed by atoms with Gasteiger partial charge >= 0.3 is 0 Å². The molecule has 0 aromatic heterocycles. The zero-order chi connectivity index (χ0) is 18.4. The lowest BCUT2D eigenvalue weighted by Crippen LogP contribution is -2.29. The van der Waals surface area contributed by atoms with Gasteiger partial charge in [-0.15, -0.1) is 0 Å². The number of sulfonamides is 1. The number of ether oxygens (including phenoxy) is 2. The molecule has 2 aromatic carbocycles. The Morgan fingerprint density at radius 3 is 2.28 bits per heavy atom. The highest BCUT2D eigenvalue weighted by Gasteiger charge is 2.16. The van der Waals surface area contributed by atoms with Crippen molar-refractivity contribution in [1.82, 2.24) is 4.72 Å². The molecular formula is C18H23NO5S. The summed E-state index contributed by atoms with van der Waals surface area (Å²) in [6, 6.07) is 12.2. The second kappa shape index (κ2) is 8.33. The molecule has 0 spiro atoms. The van der Waals surface area contributed by atoms with Crippen molar-refractivity contribution in [1.29, 1.82) is 0 Å². The highest BCUT2D eigenvalue weighted by molar-refractivity contribution is 7.88. The minimum absolute atomic E-state index is 0.121. The Balaban J connectivity index is 2.00. The second-order valence-corrected chi connectivity index (χ2v) is 7.53. The molecule has 2 N–H and O–H groups in total. The predicted molar refractivity (Wildman–Crippen MR) is 96.3 cm³/mol. The molecular weight excluding hydrogens is 342 g/mol. The SMILES string of the molecule is COc1ccc(C(O)CNS(=O)(=O)Cc2ccc(C)cc2)cc1OC. The third kappa shape index (κ3) is 5.45. The summed E-state index contributed by atoms with van der Waals surface area (Å²) in [5.41, 5.74) is 2.30. The van der Waals surface area contributed by atoms with Crippen LogP contribution in [0.3, 0.4) is 0 Å². The van der Waals surface area contributed by atoms with Gasteiger partial charge in [0.05, 0.1) is 26.1 Å². The van der Waals surface area contributed by atoms with Crippen molar-refractivity contribution < 1.29 is 23.0 Å². The summed E-state index contributed by atoms with van der Waals surface area (Å²) in [6.07, 6.45) is -0.993. The Labute approximate surface area is 148 Å². The van der Waals surface area contributed by atoms with E-state index < -0.39 is 16.1 Å². The Kier molecular flexibility index (Phi) is 6.41. The molecule has 136 valence electrons. The first-order valence-corrected chi connectivity index (χ1v) is 9.42. The lowest BCUT2D eigenvalue weighted by atomic mass is 10.1. The summed E-state index contributed by atoms with van der Waals surface area (Å²) in [4.78, 5) is 0. The van der Waals surface area contributed by atoms with E-state index in [2.05, 4.69) is 4.72 Å². The Bertz CT molecular complexity index is 803. The molecule has 0 aliphatic rings. The summed E-state index contributed by atoms with van der Waals surface area (Å²) >= 11 is 0. The van der Waals surface area contributed by atoms with Crippen LogP contribution >= 0.6 is 0 Å². The molecule has 7 heteroatoms. The van der Waals surface area contributed by atoms with Crippen LogP contribution in [-0.4, -0.2) is 34.3 Å². The monoisotopic (exact) mass is 365 g/mol. The summed E-state index contributed by atoms with van der Waals surface area (Å²) in [7, 11) is -0.526. The fraction of sp³-hybridized carbons (Fsp3) is 0.333. The van der Waals surface area contributed by atoms with Crippen molar-refractivity contribution in [2.24, 2.45) is 0 Å². The third-order valence-electron chi connectivity index (χ3n) is 3.77. The molecule has 1 atom stereocenters. The molecule has 2 rings (SSSR count). The van der Waals surface area contributed by atoms with E-state index in [-0.39, 0.29) is 12.3 Å². The van der Waals surface area contributed by atoms with Crippen LogP contribution in [0.25, 0.3) is 0 Å². The van der Waals surface area contributed by atoms with E-state index in [9.17, 15) is 13.5 Å². The molecule has 0 saturated heterocycles. The topological polar surface area (TPSA) is 84.9 Å². The largest absolute Gasteiger partial charge is 0.493 e. The van der Waals surface area contributed by atoms with Gasteiger partial charge in [-0.25, -0.2) is 13.1 Å². The first-order chi connectivity index (χ1) is 11.8. The number of nitrogens with one attached hydrogen (secondary N) is 1. The predicted octanol–water partition coefficient (Wildman–Crippen LogP) is 2.17. The van der Waals surface area contributed by atoms with Crippen LogP contribution in [0.5, 0.6) is 11.5 Å². The lowest BCUT2D eigenvalue weighted by Gasteiger charge is -2.15. The van der Waals surface area contributed by atoms with Crippen LogP contribution in [0.15, 0.2) is 42.5 Å². The maximum atomic E-state index is 12.2. The van der Waals surface area contributed by atoms with Gasteiger partial charge in [-0.05, 0) is 30.2 Å². The van der Waals surface area contributed by atoms with Gasteiger partial charge in [-0.2, -0.15) is 0 Å². The van der Waals surface area contributed by atoms with E-state index in [0.717, 1.165) is 5.56 Å². The van der Waals surface area contributed by atoms with Crippen molar-refractivity contribution >= 4 is 10.0 Å². The molecule has 0 radical (unpaired) electrons. The number of hydrogen-bond donors (Lipinski definition) is 2. The minimum Gasteiger partial charge on any atom is -0.493 e. The van der Waals surface area contributed by atoms with Crippen LogP contribution in [0, 0.1) is 6.92 Å². The molecule has 25 heavy (non-hydrogen) atoms. The third-order valence-corrected chi connectivity index (χ3v) is 5.09. The number of aryl methyl sites for hydroxylation is 1. The van der Waals surface area contributed by atoms with Gasteiger partial charge in [0, 0.05) is 6.54 Å². The van der Waals surface area contributed by atoms with Gasteiger partial charge in [0.2, 0.25) is 10.0 Å². The fourth-order valence-electron chi connectivity index (χ4n) is 2.34. The Hall–Kier alpha value is -2.09. The summed E-state index contributed by atoms with van der Waals surface area (Å²) < 4.78 is 37.1. The summed E-state index contributed by atoms with van der Waals surface area (Å²) in [5.74, 6) is 0.881. The average molecular weight is 365 g/mol. The van der Waals surface area contributed by atoms with E-state index in [1.165, 1.54) is 14.2 Å². The zero-order valence-corrected chi connectivity index (χ0v) is 15.3. The molecule has 2 aromatic rings. The van der Waals surface area contributed by atoms with Crippen LogP contribution in [-0.2, 0) is 15.8 Å². The second-order valence-electron chi connectivity index (χ2n) is 5.72. The first-order valence-electron chi connectivity index (χ1n) is 7.77. The van der Waals surface area contributed by atoms with Gasteiger partial charge in [0.15, 0.2) is 11.5 Å². The van der Waals surface area contributed by atoms with Crippen molar-refractivity contribution in [2.45, 2.75) is 18.8 Å². The number of rotatable bonds is 8. The van der Waals surface area contributed by atoms with E-state index in [1.54, 1.807) is 30.3 Å². The standard InChI is InChI=1S/C18H23NO5S/c1-13-4-6-14(7-5-13)12-25(21,22)19-11-16(20)15-8-9-17(23-2)18(10-15)24-3/h4-10,16,19-20H,11-12H2,1-3H3. The van der Waals surface area contributed by atoms with Crippen molar-refractivity contribution in [3.8, 4) is 11.5 Å². The van der Waals surface area contributed by atoms with Gasteiger partial charge in [-0.1, -0.05) is 35.9 Å². The lowest BCUT2D eigenvalue weighted by molar-refractivity contribution is 0.181. The molecule has 0 heterocycles. The van der Waals surface area contributed by atoms with Crippen LogP contribution in [0.2, 0.25) is 0 Å². The molecule has 0 amide bonds. The number of methoxy groups -OCH3 is 2. The highest BCUT2D eigenvalue weighted by Crippen LogP contribution is 2.29. The van der Waals surface area contributed by atoms with E-state index in [4.69, 9.17) is 9.47 Å². The molecule has 1 unspecified atom stereocenters. The number of benzene rings is 2. The van der Waals surface area contributed by atoms with Gasteiger partial charge in [-0.3, -0.25) is 0 Å². The van der Waals surface area contributed by atoms with Crippen LogP contribution < -0.4 is 14.2 Å². The first kappa shape index (κ1) is 19.2. The van der Waals surface area contributed by atoms with Gasteiger partial charge < -0.3 is 14.6 Å². The maximum Gasteiger partial charge on any atom is 0.215 e. The van der Waals surface area contributed by atoms with Crippen molar-refractivity contribution in [3.63, 3.8) is 0 Å². The molecule has 0 saturated carbocycles. The molecule has 0 fully saturated rings. The number of hydrogen-bond acceptors (Lipinski definition) is 5. The molecule has 0 aliphatic heterocycles. The fourth-order valence-corrected chi connectivity index (χ4v) is 3.48. The maximum absolute atomic E-state index is 12.2. The average Bonchev–Trinajstić information content (AvgIpc) is 2.61. The van der Waals surface area contributed by atoms with Crippen LogP contribution in [0.1, 0.15) is 22.8 Å².